The standard InChI is InChI=1S/C11H22O3Si/c1-5-8-11(12)13-9-7-10-15(3,4)14-6-2/h5,8H,6-7,9-10H2,1-4H3. The summed E-state index contributed by atoms with van der Waals surface area (Å²) in [4.78, 5) is 11.0. The second-order valence-electron chi connectivity index (χ2n) is 3.96. The van der Waals surface area contributed by atoms with Gasteiger partial charge in [-0.15, -0.1) is 0 Å². The van der Waals surface area contributed by atoms with E-state index in [0.29, 0.717) is 6.61 Å². The molecular weight excluding hydrogens is 208 g/mol. The van der Waals surface area contributed by atoms with E-state index in [2.05, 4.69) is 13.1 Å². The Labute approximate surface area is 93.6 Å². The fourth-order valence-electron chi connectivity index (χ4n) is 1.32. The quantitative estimate of drug-likeness (QED) is 0.292. The topological polar surface area (TPSA) is 35.5 Å². The van der Waals surface area contributed by atoms with Crippen LogP contribution >= 0.6 is 0 Å². The zero-order valence-corrected chi connectivity index (χ0v) is 11.2. The molecule has 0 amide bonds. The second-order valence-corrected chi connectivity index (χ2v) is 8.27. The van der Waals surface area contributed by atoms with Crippen LogP contribution in [-0.2, 0) is 14.0 Å². The minimum atomic E-state index is -1.50. The molecule has 0 aromatic carbocycles. The average molecular weight is 230 g/mol. The Morgan fingerprint density at radius 2 is 2.07 bits per heavy atom. The fourth-order valence-corrected chi connectivity index (χ4v) is 3.24. The van der Waals surface area contributed by atoms with Gasteiger partial charge in [0.1, 0.15) is 0 Å². The van der Waals surface area contributed by atoms with Crippen LogP contribution in [-0.4, -0.2) is 27.5 Å². The van der Waals surface area contributed by atoms with Crippen molar-refractivity contribution in [3.63, 3.8) is 0 Å². The number of ether oxygens (including phenoxy) is 1. The van der Waals surface area contributed by atoms with Crippen LogP contribution in [0.2, 0.25) is 19.1 Å². The van der Waals surface area contributed by atoms with Crippen molar-refractivity contribution in [3.05, 3.63) is 12.2 Å². The molecule has 0 aromatic rings. The third kappa shape index (κ3) is 8.39. The van der Waals surface area contributed by atoms with Crippen LogP contribution in [0.15, 0.2) is 12.2 Å². The zero-order chi connectivity index (χ0) is 11.7. The third-order valence-electron chi connectivity index (χ3n) is 2.01. The molecule has 0 aliphatic carbocycles. The molecule has 0 unspecified atom stereocenters. The molecule has 0 spiro atoms. The van der Waals surface area contributed by atoms with E-state index in [9.17, 15) is 4.79 Å². The first kappa shape index (κ1) is 14.4. The molecule has 0 aliphatic rings. The maximum absolute atomic E-state index is 11.0. The molecule has 0 saturated heterocycles. The molecule has 4 heteroatoms. The molecule has 0 N–H and O–H groups in total. The lowest BCUT2D eigenvalue weighted by Gasteiger charge is -2.21. The van der Waals surface area contributed by atoms with Gasteiger partial charge in [-0.1, -0.05) is 6.08 Å². The lowest BCUT2D eigenvalue weighted by Crippen LogP contribution is -2.30. The number of allylic oxidation sites excluding steroid dienone is 1. The average Bonchev–Trinajstić information content (AvgIpc) is 2.13. The van der Waals surface area contributed by atoms with Crippen molar-refractivity contribution >= 4 is 14.3 Å². The number of hydrogen-bond donors (Lipinski definition) is 0. The Morgan fingerprint density at radius 3 is 2.60 bits per heavy atom. The Morgan fingerprint density at radius 1 is 1.40 bits per heavy atom. The molecule has 0 heterocycles. The molecule has 3 nitrogen and oxygen atoms in total. The summed E-state index contributed by atoms with van der Waals surface area (Å²) in [5, 5.41) is 0. The molecular formula is C11H22O3Si. The normalized spacial score (nSPS) is 12.0. The van der Waals surface area contributed by atoms with Gasteiger partial charge < -0.3 is 9.16 Å². The van der Waals surface area contributed by atoms with Crippen LogP contribution in [0.25, 0.3) is 0 Å². The summed E-state index contributed by atoms with van der Waals surface area (Å²) in [5.74, 6) is -0.256. The molecule has 0 rings (SSSR count). The molecule has 0 bridgehead atoms. The van der Waals surface area contributed by atoms with Gasteiger partial charge in [-0.2, -0.15) is 0 Å². The van der Waals surface area contributed by atoms with Crippen LogP contribution in [0.5, 0.6) is 0 Å². The van der Waals surface area contributed by atoms with Gasteiger partial charge >= 0.3 is 5.97 Å². The molecule has 0 atom stereocenters. The van der Waals surface area contributed by atoms with E-state index in [1.165, 1.54) is 6.08 Å². The first-order chi connectivity index (χ1) is 7.02. The Kier molecular flexibility index (Phi) is 7.34. The van der Waals surface area contributed by atoms with Crippen LogP contribution < -0.4 is 0 Å². The highest BCUT2D eigenvalue weighted by Crippen LogP contribution is 2.13. The van der Waals surface area contributed by atoms with Crippen molar-refractivity contribution < 1.29 is 14.0 Å². The van der Waals surface area contributed by atoms with E-state index in [-0.39, 0.29) is 5.97 Å². The van der Waals surface area contributed by atoms with Gasteiger partial charge in [0.15, 0.2) is 8.32 Å². The molecule has 0 radical (unpaired) electrons. The lowest BCUT2D eigenvalue weighted by atomic mass is 10.5. The molecule has 88 valence electrons. The van der Waals surface area contributed by atoms with Crippen molar-refractivity contribution in [2.24, 2.45) is 0 Å². The van der Waals surface area contributed by atoms with Crippen LogP contribution in [0.1, 0.15) is 20.3 Å². The van der Waals surface area contributed by atoms with Crippen LogP contribution in [0.3, 0.4) is 0 Å². The molecule has 0 saturated carbocycles. The van der Waals surface area contributed by atoms with Gasteiger partial charge in [-0.25, -0.2) is 4.79 Å². The second kappa shape index (κ2) is 7.65. The van der Waals surface area contributed by atoms with Gasteiger partial charge in [0, 0.05) is 12.7 Å². The van der Waals surface area contributed by atoms with Crippen molar-refractivity contribution in [2.45, 2.75) is 39.4 Å². The van der Waals surface area contributed by atoms with Crippen molar-refractivity contribution in [1.29, 1.82) is 0 Å². The van der Waals surface area contributed by atoms with Gasteiger partial charge in [0.2, 0.25) is 0 Å². The predicted octanol–water partition coefficient (Wildman–Crippen LogP) is 2.74. The third-order valence-corrected chi connectivity index (χ3v) is 4.63. The smallest absolute Gasteiger partial charge is 0.330 e. The summed E-state index contributed by atoms with van der Waals surface area (Å²) in [6.07, 6.45) is 4.01. The summed E-state index contributed by atoms with van der Waals surface area (Å²) >= 11 is 0. The molecule has 0 aliphatic heterocycles. The Hall–Kier alpha value is -0.613. The number of rotatable bonds is 7. The monoisotopic (exact) mass is 230 g/mol. The van der Waals surface area contributed by atoms with E-state index in [1.807, 2.05) is 6.92 Å². The van der Waals surface area contributed by atoms with E-state index in [0.717, 1.165) is 19.1 Å². The minimum Gasteiger partial charge on any atom is -0.463 e. The first-order valence-electron chi connectivity index (χ1n) is 5.45. The van der Waals surface area contributed by atoms with Crippen LogP contribution in [0.4, 0.5) is 0 Å². The van der Waals surface area contributed by atoms with E-state index < -0.39 is 8.32 Å². The maximum Gasteiger partial charge on any atom is 0.330 e. The van der Waals surface area contributed by atoms with E-state index in [4.69, 9.17) is 9.16 Å². The number of carbonyl (C=O) groups is 1. The van der Waals surface area contributed by atoms with Crippen LogP contribution in [0, 0.1) is 0 Å². The summed E-state index contributed by atoms with van der Waals surface area (Å²) in [6.45, 7) is 9.45. The maximum atomic E-state index is 11.0. The van der Waals surface area contributed by atoms with Gasteiger partial charge in [0.25, 0.3) is 0 Å². The Bertz CT molecular complexity index is 212. The van der Waals surface area contributed by atoms with Gasteiger partial charge in [-0.05, 0) is 39.4 Å². The summed E-state index contributed by atoms with van der Waals surface area (Å²) < 4.78 is 10.7. The van der Waals surface area contributed by atoms with E-state index in [1.54, 1.807) is 13.0 Å². The highest BCUT2D eigenvalue weighted by Gasteiger charge is 2.20. The summed E-state index contributed by atoms with van der Waals surface area (Å²) in [7, 11) is -1.50. The van der Waals surface area contributed by atoms with Crippen molar-refractivity contribution in [1.82, 2.24) is 0 Å². The van der Waals surface area contributed by atoms with Crippen molar-refractivity contribution in [2.75, 3.05) is 13.2 Å². The van der Waals surface area contributed by atoms with Gasteiger partial charge in [0.05, 0.1) is 6.61 Å². The zero-order valence-electron chi connectivity index (χ0n) is 10.2. The van der Waals surface area contributed by atoms with Crippen molar-refractivity contribution in [3.8, 4) is 0 Å². The fraction of sp³-hybridized carbons (Fsp3) is 0.727. The number of esters is 1. The van der Waals surface area contributed by atoms with Gasteiger partial charge in [-0.3, -0.25) is 0 Å². The molecule has 0 fully saturated rings. The summed E-state index contributed by atoms with van der Waals surface area (Å²) in [5.41, 5.74) is 0. The summed E-state index contributed by atoms with van der Waals surface area (Å²) in [6, 6.07) is 1.03. The SMILES string of the molecule is CC=CC(=O)OCCC[Si](C)(C)OCC. The lowest BCUT2D eigenvalue weighted by molar-refractivity contribution is -0.137. The number of carbonyl (C=O) groups excluding carboxylic acids is 1. The minimum absolute atomic E-state index is 0.256. The number of hydrogen-bond acceptors (Lipinski definition) is 3. The highest BCUT2D eigenvalue weighted by molar-refractivity contribution is 6.71. The highest BCUT2D eigenvalue weighted by atomic mass is 28.4. The first-order valence-corrected chi connectivity index (χ1v) is 8.57. The predicted molar refractivity (Wildman–Crippen MR) is 64.3 cm³/mol. The Balaban J connectivity index is 3.57. The van der Waals surface area contributed by atoms with E-state index >= 15 is 0 Å². The molecule has 15 heavy (non-hydrogen) atoms. The molecule has 0 aromatic heterocycles. The largest absolute Gasteiger partial charge is 0.463 e.